The Morgan fingerprint density at radius 1 is 1.04 bits per heavy atom. The van der Waals surface area contributed by atoms with Crippen LogP contribution in [0.5, 0.6) is 0 Å². The smallest absolute Gasteiger partial charge is 0.326 e. The third-order valence-corrected chi connectivity index (χ3v) is 6.23. The van der Waals surface area contributed by atoms with Gasteiger partial charge in [0.1, 0.15) is 6.54 Å². The predicted octanol–water partition coefficient (Wildman–Crippen LogP) is 4.17. The first kappa shape index (κ1) is 19.2. The molecule has 5 nitrogen and oxygen atoms in total. The van der Waals surface area contributed by atoms with E-state index in [0.29, 0.717) is 16.3 Å². The summed E-state index contributed by atoms with van der Waals surface area (Å²) in [5, 5.41) is 2.21. The molecule has 3 rings (SSSR count). The van der Waals surface area contributed by atoms with E-state index >= 15 is 0 Å². The van der Waals surface area contributed by atoms with Crippen molar-refractivity contribution in [1.82, 2.24) is 0 Å². The number of aryl methyl sites for hydroxylation is 1. The van der Waals surface area contributed by atoms with Gasteiger partial charge >= 0.3 is 5.97 Å². The Bertz CT molecular complexity index is 1110. The van der Waals surface area contributed by atoms with Gasteiger partial charge in [-0.2, -0.15) is 0 Å². The lowest BCUT2D eigenvalue weighted by atomic mass is 10.1. The molecule has 0 aliphatic heterocycles. The molecule has 3 aromatic carbocycles. The first-order valence-corrected chi connectivity index (χ1v) is 9.99. The van der Waals surface area contributed by atoms with Crippen LogP contribution < -0.4 is 4.31 Å². The minimum absolute atomic E-state index is 0.0967. The van der Waals surface area contributed by atoms with Gasteiger partial charge in [0, 0.05) is 5.02 Å². The van der Waals surface area contributed by atoms with Gasteiger partial charge in [-0.1, -0.05) is 41.9 Å². The van der Waals surface area contributed by atoms with Crippen molar-refractivity contribution < 1.29 is 17.9 Å². The Hall–Kier alpha value is -2.57. The van der Waals surface area contributed by atoms with Crippen molar-refractivity contribution >= 4 is 44.1 Å². The highest BCUT2D eigenvalue weighted by Gasteiger charge is 2.28. The molecule has 0 spiro atoms. The molecule has 3 aromatic rings. The molecule has 7 heteroatoms. The maximum absolute atomic E-state index is 13.4. The molecule has 0 heterocycles. The van der Waals surface area contributed by atoms with Crippen LogP contribution in [0.4, 0.5) is 5.69 Å². The van der Waals surface area contributed by atoms with E-state index in [1.54, 1.807) is 37.3 Å². The Morgan fingerprint density at radius 2 is 1.74 bits per heavy atom. The second-order valence-electron chi connectivity index (χ2n) is 6.03. The fraction of sp³-hybridized carbons (Fsp3) is 0.150. The van der Waals surface area contributed by atoms with E-state index < -0.39 is 22.5 Å². The number of hydrogen-bond donors (Lipinski definition) is 0. The zero-order valence-corrected chi connectivity index (χ0v) is 16.4. The Morgan fingerprint density at radius 3 is 2.41 bits per heavy atom. The number of carbonyl (C=O) groups excluding carboxylic acids is 1. The van der Waals surface area contributed by atoms with Gasteiger partial charge in [0.2, 0.25) is 0 Å². The second kappa shape index (κ2) is 7.58. The number of rotatable bonds is 5. The molecule has 0 saturated carbocycles. The number of hydrogen-bond acceptors (Lipinski definition) is 4. The van der Waals surface area contributed by atoms with Crippen LogP contribution in [0.15, 0.2) is 65.6 Å². The monoisotopic (exact) mass is 403 g/mol. The minimum atomic E-state index is -4.00. The molecule has 0 aliphatic rings. The zero-order chi connectivity index (χ0) is 19.6. The summed E-state index contributed by atoms with van der Waals surface area (Å²) in [6.07, 6.45) is 0. The lowest BCUT2D eigenvalue weighted by molar-refractivity contribution is -0.138. The SMILES string of the molecule is COC(=O)CN(c1ccc(Cl)cc1C)S(=O)(=O)c1ccc2ccccc2c1. The van der Waals surface area contributed by atoms with Gasteiger partial charge < -0.3 is 4.74 Å². The number of halogens is 1. The van der Waals surface area contributed by atoms with Crippen LogP contribution in [-0.2, 0) is 19.6 Å². The largest absolute Gasteiger partial charge is 0.468 e. The normalized spacial score (nSPS) is 11.4. The van der Waals surface area contributed by atoms with Crippen molar-refractivity contribution in [2.75, 3.05) is 18.0 Å². The van der Waals surface area contributed by atoms with Crippen LogP contribution in [0.3, 0.4) is 0 Å². The second-order valence-corrected chi connectivity index (χ2v) is 8.33. The number of fused-ring (bicyclic) bond motifs is 1. The molecular formula is C20H18ClNO4S. The fourth-order valence-corrected chi connectivity index (χ4v) is 4.57. The number of nitrogens with zero attached hydrogens (tertiary/aromatic N) is 1. The molecule has 0 fully saturated rings. The van der Waals surface area contributed by atoms with Gasteiger partial charge in [-0.05, 0) is 53.6 Å². The summed E-state index contributed by atoms with van der Waals surface area (Å²) in [7, 11) is -2.78. The molecule has 0 unspecified atom stereocenters. The van der Waals surface area contributed by atoms with Crippen LogP contribution in [-0.4, -0.2) is 28.0 Å². The van der Waals surface area contributed by atoms with Crippen molar-refractivity contribution in [2.24, 2.45) is 0 Å². The van der Waals surface area contributed by atoms with Crippen LogP contribution in [0.25, 0.3) is 10.8 Å². The third kappa shape index (κ3) is 3.91. The van der Waals surface area contributed by atoms with E-state index in [1.165, 1.54) is 13.2 Å². The third-order valence-electron chi connectivity index (χ3n) is 4.24. The zero-order valence-electron chi connectivity index (χ0n) is 14.8. The van der Waals surface area contributed by atoms with E-state index in [-0.39, 0.29) is 4.90 Å². The topological polar surface area (TPSA) is 63.7 Å². The fourth-order valence-electron chi connectivity index (χ4n) is 2.84. The molecular weight excluding hydrogens is 386 g/mol. The van der Waals surface area contributed by atoms with Crippen LogP contribution in [0, 0.1) is 6.92 Å². The number of sulfonamides is 1. The number of anilines is 1. The summed E-state index contributed by atoms with van der Waals surface area (Å²) in [4.78, 5) is 12.0. The van der Waals surface area contributed by atoms with Crippen molar-refractivity contribution in [1.29, 1.82) is 0 Å². The van der Waals surface area contributed by atoms with Gasteiger partial charge in [0.25, 0.3) is 10.0 Å². The van der Waals surface area contributed by atoms with E-state index in [0.717, 1.165) is 15.1 Å². The highest BCUT2D eigenvalue weighted by Crippen LogP contribution is 2.30. The van der Waals surface area contributed by atoms with Gasteiger partial charge in [-0.3, -0.25) is 9.10 Å². The molecule has 0 aliphatic carbocycles. The Kier molecular flexibility index (Phi) is 5.39. The molecule has 0 radical (unpaired) electrons. The van der Waals surface area contributed by atoms with Gasteiger partial charge in [0.15, 0.2) is 0 Å². The maximum Gasteiger partial charge on any atom is 0.326 e. The molecule has 140 valence electrons. The summed E-state index contributed by atoms with van der Waals surface area (Å²) in [6, 6.07) is 17.2. The average Bonchev–Trinajstić information content (AvgIpc) is 2.66. The van der Waals surface area contributed by atoms with Gasteiger partial charge in [-0.25, -0.2) is 8.42 Å². The van der Waals surface area contributed by atoms with Crippen LogP contribution >= 0.6 is 11.6 Å². The van der Waals surface area contributed by atoms with Crippen molar-refractivity contribution in [3.8, 4) is 0 Å². The molecule has 0 saturated heterocycles. The van der Waals surface area contributed by atoms with Gasteiger partial charge in [0.05, 0.1) is 17.7 Å². The highest BCUT2D eigenvalue weighted by molar-refractivity contribution is 7.92. The van der Waals surface area contributed by atoms with Crippen molar-refractivity contribution in [3.05, 3.63) is 71.2 Å². The number of esters is 1. The molecule has 27 heavy (non-hydrogen) atoms. The number of benzene rings is 3. The summed E-state index contributed by atoms with van der Waals surface area (Å²) in [5.41, 5.74) is 1.01. The summed E-state index contributed by atoms with van der Waals surface area (Å²) >= 11 is 5.99. The maximum atomic E-state index is 13.4. The van der Waals surface area contributed by atoms with E-state index in [9.17, 15) is 13.2 Å². The first-order chi connectivity index (χ1) is 12.8. The summed E-state index contributed by atoms with van der Waals surface area (Å²) in [6.45, 7) is 1.30. The van der Waals surface area contributed by atoms with Crippen LogP contribution in [0.1, 0.15) is 5.56 Å². The Labute approximate surface area is 163 Å². The summed E-state index contributed by atoms with van der Waals surface area (Å²) in [5.74, 6) is -0.659. The highest BCUT2D eigenvalue weighted by atomic mass is 35.5. The molecule has 0 aromatic heterocycles. The van der Waals surface area contributed by atoms with E-state index in [1.807, 2.05) is 24.3 Å². The molecule has 0 atom stereocenters. The molecule has 0 N–H and O–H groups in total. The lowest BCUT2D eigenvalue weighted by Crippen LogP contribution is -2.36. The standard InChI is InChI=1S/C20H18ClNO4S/c1-14-11-17(21)8-10-19(14)22(13-20(23)26-2)27(24,25)18-9-7-15-5-3-4-6-16(15)12-18/h3-12H,13H2,1-2H3. The van der Waals surface area contributed by atoms with Gasteiger partial charge in [-0.15, -0.1) is 0 Å². The number of methoxy groups -OCH3 is 1. The van der Waals surface area contributed by atoms with Crippen molar-refractivity contribution in [3.63, 3.8) is 0 Å². The quantitative estimate of drug-likeness (QED) is 0.600. The van der Waals surface area contributed by atoms with E-state index in [4.69, 9.17) is 16.3 Å². The molecule has 0 bridgehead atoms. The van der Waals surface area contributed by atoms with Crippen LogP contribution in [0.2, 0.25) is 5.02 Å². The molecule has 0 amide bonds. The minimum Gasteiger partial charge on any atom is -0.468 e. The number of carbonyl (C=O) groups is 1. The van der Waals surface area contributed by atoms with E-state index in [2.05, 4.69) is 0 Å². The Balaban J connectivity index is 2.14. The number of ether oxygens (including phenoxy) is 1. The lowest BCUT2D eigenvalue weighted by Gasteiger charge is -2.25. The summed E-state index contributed by atoms with van der Waals surface area (Å²) < 4.78 is 32.4. The first-order valence-electron chi connectivity index (χ1n) is 8.17. The predicted molar refractivity (Wildman–Crippen MR) is 107 cm³/mol. The average molecular weight is 404 g/mol. The van der Waals surface area contributed by atoms with Crippen molar-refractivity contribution in [2.45, 2.75) is 11.8 Å².